The van der Waals surface area contributed by atoms with Crippen molar-refractivity contribution in [3.8, 4) is 5.75 Å². The molecule has 6 heteroatoms. The summed E-state index contributed by atoms with van der Waals surface area (Å²) in [5, 5.41) is 12.6. The standard InChI is InChI=1S/C13H20N2O4/c1-18-7-10-5-9(3-4-15-13(14)17)6-11(8-19-2)12(10)16/h5-6,16H,3-4,7-8H2,1-2H3,(H3,14,15,17). The zero-order chi connectivity index (χ0) is 14.3. The SMILES string of the molecule is COCc1cc(CCNC(N)=O)cc(COC)c1O. The number of rotatable bonds is 7. The number of ether oxygens (including phenoxy) is 2. The summed E-state index contributed by atoms with van der Waals surface area (Å²) in [5.74, 6) is 0.190. The first-order chi connectivity index (χ1) is 9.08. The second kappa shape index (κ2) is 7.60. The van der Waals surface area contributed by atoms with Crippen LogP contribution in [0.1, 0.15) is 16.7 Å². The van der Waals surface area contributed by atoms with E-state index in [1.165, 1.54) is 0 Å². The molecule has 2 amide bonds. The summed E-state index contributed by atoms with van der Waals surface area (Å²) >= 11 is 0. The number of urea groups is 1. The molecule has 0 spiro atoms. The first-order valence-corrected chi connectivity index (χ1v) is 5.93. The van der Waals surface area contributed by atoms with Gasteiger partial charge in [0.15, 0.2) is 0 Å². The Morgan fingerprint density at radius 2 is 1.79 bits per heavy atom. The average molecular weight is 268 g/mol. The molecule has 19 heavy (non-hydrogen) atoms. The lowest BCUT2D eigenvalue weighted by molar-refractivity contribution is 0.174. The highest BCUT2D eigenvalue weighted by Crippen LogP contribution is 2.26. The van der Waals surface area contributed by atoms with E-state index in [2.05, 4.69) is 5.32 Å². The number of hydrogen-bond donors (Lipinski definition) is 3. The number of phenols is 1. The predicted octanol–water partition coefficient (Wildman–Crippen LogP) is 0.896. The lowest BCUT2D eigenvalue weighted by atomic mass is 10.0. The van der Waals surface area contributed by atoms with Gasteiger partial charge >= 0.3 is 6.03 Å². The quantitative estimate of drug-likeness (QED) is 0.684. The van der Waals surface area contributed by atoms with Gasteiger partial charge in [-0.3, -0.25) is 0 Å². The Bertz CT molecular complexity index is 408. The molecule has 0 aliphatic rings. The summed E-state index contributed by atoms with van der Waals surface area (Å²) in [5.41, 5.74) is 7.38. The van der Waals surface area contributed by atoms with E-state index in [1.807, 2.05) is 12.1 Å². The minimum atomic E-state index is -0.548. The zero-order valence-corrected chi connectivity index (χ0v) is 11.2. The second-order valence-electron chi connectivity index (χ2n) is 4.17. The number of hydrogen-bond acceptors (Lipinski definition) is 4. The van der Waals surface area contributed by atoms with E-state index in [-0.39, 0.29) is 5.75 Å². The Kier molecular flexibility index (Phi) is 6.11. The summed E-state index contributed by atoms with van der Waals surface area (Å²) in [6.45, 7) is 1.08. The van der Waals surface area contributed by atoms with Crippen molar-refractivity contribution in [3.05, 3.63) is 28.8 Å². The molecule has 0 unspecified atom stereocenters. The molecule has 0 aliphatic heterocycles. The molecule has 1 aromatic carbocycles. The van der Waals surface area contributed by atoms with Crippen LogP contribution in [0.2, 0.25) is 0 Å². The molecule has 0 heterocycles. The van der Waals surface area contributed by atoms with Gasteiger partial charge in [0.05, 0.1) is 13.2 Å². The summed E-state index contributed by atoms with van der Waals surface area (Å²) < 4.78 is 10.1. The fourth-order valence-corrected chi connectivity index (χ4v) is 1.84. The topological polar surface area (TPSA) is 93.8 Å². The number of amides is 2. The van der Waals surface area contributed by atoms with Crippen LogP contribution in [0.25, 0.3) is 0 Å². The Morgan fingerprint density at radius 1 is 1.26 bits per heavy atom. The Morgan fingerprint density at radius 3 is 2.21 bits per heavy atom. The Balaban J connectivity index is 2.87. The second-order valence-corrected chi connectivity index (χ2v) is 4.17. The number of nitrogens with one attached hydrogen (secondary N) is 1. The fourth-order valence-electron chi connectivity index (χ4n) is 1.84. The van der Waals surface area contributed by atoms with Crippen LogP contribution in [0.5, 0.6) is 5.75 Å². The van der Waals surface area contributed by atoms with Crippen LogP contribution >= 0.6 is 0 Å². The van der Waals surface area contributed by atoms with Crippen molar-refractivity contribution in [2.24, 2.45) is 5.73 Å². The molecule has 0 radical (unpaired) electrons. The van der Waals surface area contributed by atoms with Gasteiger partial charge < -0.3 is 25.6 Å². The van der Waals surface area contributed by atoms with Crippen molar-refractivity contribution >= 4 is 6.03 Å². The number of carbonyl (C=O) groups excluding carboxylic acids is 1. The van der Waals surface area contributed by atoms with E-state index >= 15 is 0 Å². The van der Waals surface area contributed by atoms with Gasteiger partial charge in [0.1, 0.15) is 5.75 Å². The highest BCUT2D eigenvalue weighted by Gasteiger charge is 2.10. The van der Waals surface area contributed by atoms with Gasteiger partial charge in [0.25, 0.3) is 0 Å². The van der Waals surface area contributed by atoms with Crippen LogP contribution in [-0.2, 0) is 29.1 Å². The Labute approximate surface area is 112 Å². The average Bonchev–Trinajstić information content (AvgIpc) is 2.35. The predicted molar refractivity (Wildman–Crippen MR) is 70.8 cm³/mol. The van der Waals surface area contributed by atoms with Crippen LogP contribution in [-0.4, -0.2) is 31.9 Å². The first-order valence-electron chi connectivity index (χ1n) is 5.93. The first kappa shape index (κ1) is 15.3. The molecule has 0 saturated heterocycles. The largest absolute Gasteiger partial charge is 0.507 e. The molecule has 0 saturated carbocycles. The van der Waals surface area contributed by atoms with E-state index in [4.69, 9.17) is 15.2 Å². The maximum Gasteiger partial charge on any atom is 0.312 e. The van der Waals surface area contributed by atoms with E-state index in [1.54, 1.807) is 14.2 Å². The van der Waals surface area contributed by atoms with Crippen molar-refractivity contribution in [1.29, 1.82) is 0 Å². The number of benzene rings is 1. The molecular weight excluding hydrogens is 248 g/mol. The lowest BCUT2D eigenvalue weighted by Crippen LogP contribution is -2.30. The number of primary amides is 1. The zero-order valence-electron chi connectivity index (χ0n) is 11.2. The normalized spacial score (nSPS) is 10.4. The van der Waals surface area contributed by atoms with E-state index < -0.39 is 6.03 Å². The van der Waals surface area contributed by atoms with E-state index in [0.29, 0.717) is 37.3 Å². The molecule has 0 bridgehead atoms. The van der Waals surface area contributed by atoms with E-state index in [0.717, 1.165) is 5.56 Å². The number of carbonyl (C=O) groups is 1. The highest BCUT2D eigenvalue weighted by molar-refractivity contribution is 5.71. The Hall–Kier alpha value is -1.79. The third-order valence-electron chi connectivity index (χ3n) is 2.64. The number of aromatic hydroxyl groups is 1. The fraction of sp³-hybridized carbons (Fsp3) is 0.462. The molecule has 6 nitrogen and oxygen atoms in total. The maximum atomic E-state index is 10.6. The molecule has 1 aromatic rings. The van der Waals surface area contributed by atoms with Crippen molar-refractivity contribution in [2.45, 2.75) is 19.6 Å². The van der Waals surface area contributed by atoms with Crippen molar-refractivity contribution < 1.29 is 19.4 Å². The summed E-state index contributed by atoms with van der Waals surface area (Å²) in [4.78, 5) is 10.6. The molecule has 0 aromatic heterocycles. The molecule has 0 aliphatic carbocycles. The van der Waals surface area contributed by atoms with Gasteiger partial charge in [-0.15, -0.1) is 0 Å². The van der Waals surface area contributed by atoms with Gasteiger partial charge in [0, 0.05) is 31.9 Å². The summed E-state index contributed by atoms with van der Waals surface area (Å²) in [6, 6.07) is 3.15. The van der Waals surface area contributed by atoms with Crippen molar-refractivity contribution in [2.75, 3.05) is 20.8 Å². The molecule has 0 fully saturated rings. The highest BCUT2D eigenvalue weighted by atomic mass is 16.5. The van der Waals surface area contributed by atoms with Crippen LogP contribution in [0.4, 0.5) is 4.79 Å². The van der Waals surface area contributed by atoms with Crippen LogP contribution in [0.15, 0.2) is 12.1 Å². The summed E-state index contributed by atoms with van der Waals surface area (Å²) in [6.07, 6.45) is 0.622. The maximum absolute atomic E-state index is 10.6. The van der Waals surface area contributed by atoms with Crippen molar-refractivity contribution in [1.82, 2.24) is 5.32 Å². The third-order valence-corrected chi connectivity index (χ3v) is 2.64. The molecule has 106 valence electrons. The molecule has 4 N–H and O–H groups in total. The number of phenolic OH excluding ortho intramolecular Hbond substituents is 1. The summed E-state index contributed by atoms with van der Waals surface area (Å²) in [7, 11) is 3.13. The van der Waals surface area contributed by atoms with Crippen LogP contribution in [0, 0.1) is 0 Å². The van der Waals surface area contributed by atoms with Gasteiger partial charge in [0.2, 0.25) is 0 Å². The van der Waals surface area contributed by atoms with Gasteiger partial charge in [-0.05, 0) is 24.1 Å². The minimum Gasteiger partial charge on any atom is -0.507 e. The lowest BCUT2D eigenvalue weighted by Gasteiger charge is -2.12. The van der Waals surface area contributed by atoms with Gasteiger partial charge in [-0.25, -0.2) is 4.79 Å². The van der Waals surface area contributed by atoms with Gasteiger partial charge in [-0.1, -0.05) is 0 Å². The number of nitrogens with two attached hydrogens (primary N) is 1. The van der Waals surface area contributed by atoms with Crippen LogP contribution < -0.4 is 11.1 Å². The molecule has 1 rings (SSSR count). The van der Waals surface area contributed by atoms with Gasteiger partial charge in [-0.2, -0.15) is 0 Å². The van der Waals surface area contributed by atoms with Crippen molar-refractivity contribution in [3.63, 3.8) is 0 Å². The van der Waals surface area contributed by atoms with E-state index in [9.17, 15) is 9.90 Å². The number of methoxy groups -OCH3 is 2. The minimum absolute atomic E-state index is 0.190. The monoisotopic (exact) mass is 268 g/mol. The molecular formula is C13H20N2O4. The third kappa shape index (κ3) is 4.76. The molecule has 0 atom stereocenters. The smallest absolute Gasteiger partial charge is 0.312 e. The van der Waals surface area contributed by atoms with Crippen LogP contribution in [0.3, 0.4) is 0 Å².